The summed E-state index contributed by atoms with van der Waals surface area (Å²) in [6.45, 7) is 5.51. The van der Waals surface area contributed by atoms with Crippen LogP contribution in [0.2, 0.25) is 0 Å². The Hall–Kier alpha value is -4.57. The van der Waals surface area contributed by atoms with E-state index in [-0.39, 0.29) is 5.91 Å². The zero-order chi connectivity index (χ0) is 23.7. The van der Waals surface area contributed by atoms with Crippen molar-refractivity contribution in [3.8, 4) is 23.1 Å². The summed E-state index contributed by atoms with van der Waals surface area (Å²) in [7, 11) is 0. The van der Waals surface area contributed by atoms with Crippen molar-refractivity contribution in [1.29, 1.82) is 0 Å². The van der Waals surface area contributed by atoms with Crippen LogP contribution in [0.15, 0.2) is 67.0 Å². The maximum Gasteiger partial charge on any atom is 0.257 e. The second-order valence-electron chi connectivity index (χ2n) is 7.92. The zero-order valence-corrected chi connectivity index (χ0v) is 19.1. The molecule has 0 radical (unpaired) electrons. The first kappa shape index (κ1) is 21.3. The van der Waals surface area contributed by atoms with Crippen LogP contribution in [0, 0.1) is 18.8 Å². The number of aryl methyl sites for hydroxylation is 1. The maximum atomic E-state index is 13.3. The average Bonchev–Trinajstić information content (AvgIpc) is 3.20. The highest BCUT2D eigenvalue weighted by atomic mass is 16.1. The number of carbonyl (C=O) groups excluding carboxylic acids is 1. The first-order valence-electron chi connectivity index (χ1n) is 11.0. The minimum Gasteiger partial charge on any atom is -0.344 e. The second kappa shape index (κ2) is 8.75. The van der Waals surface area contributed by atoms with Gasteiger partial charge in [-0.3, -0.25) is 4.79 Å². The van der Waals surface area contributed by atoms with Gasteiger partial charge in [0.1, 0.15) is 11.1 Å². The molecule has 3 heterocycles. The lowest BCUT2D eigenvalue weighted by atomic mass is 10.0. The number of fused-ring (bicyclic) bond motifs is 2. The molecule has 1 unspecified atom stereocenters. The highest BCUT2D eigenvalue weighted by Gasteiger charge is 2.23. The Kier molecular flexibility index (Phi) is 5.48. The minimum absolute atomic E-state index is 0.259. The van der Waals surface area contributed by atoms with Gasteiger partial charge >= 0.3 is 0 Å². The molecular weight excluding hydrogens is 424 g/mol. The normalized spacial score (nSPS) is 11.7. The molecule has 7 nitrogen and oxygen atoms in total. The predicted molar refractivity (Wildman–Crippen MR) is 131 cm³/mol. The van der Waals surface area contributed by atoms with E-state index in [0.29, 0.717) is 28.3 Å². The van der Waals surface area contributed by atoms with E-state index in [2.05, 4.69) is 27.2 Å². The highest BCUT2D eigenvalue weighted by Crippen LogP contribution is 2.29. The van der Waals surface area contributed by atoms with Crippen LogP contribution in [-0.2, 0) is 0 Å². The number of nitrogens with zero attached hydrogens (tertiary/aromatic N) is 5. The molecule has 1 N–H and O–H groups in total. The number of rotatable bonds is 4. The Bertz CT molecular complexity index is 1590. The van der Waals surface area contributed by atoms with Crippen LogP contribution in [0.4, 0.5) is 0 Å². The average molecular weight is 447 g/mol. The lowest BCUT2D eigenvalue weighted by molar-refractivity contribution is 0.0940. The molecule has 5 aromatic rings. The van der Waals surface area contributed by atoms with Gasteiger partial charge in [-0.25, -0.2) is 19.5 Å². The van der Waals surface area contributed by atoms with Gasteiger partial charge in [-0.2, -0.15) is 5.10 Å². The number of hydrogen-bond donors (Lipinski definition) is 1. The van der Waals surface area contributed by atoms with E-state index in [4.69, 9.17) is 9.97 Å². The van der Waals surface area contributed by atoms with Crippen molar-refractivity contribution in [3.63, 3.8) is 0 Å². The van der Waals surface area contributed by atoms with Crippen molar-refractivity contribution in [2.75, 3.05) is 0 Å². The van der Waals surface area contributed by atoms with E-state index in [9.17, 15) is 4.79 Å². The molecule has 1 atom stereocenters. The third-order valence-corrected chi connectivity index (χ3v) is 5.58. The van der Waals surface area contributed by atoms with Crippen molar-refractivity contribution >= 4 is 22.6 Å². The first-order chi connectivity index (χ1) is 16.6. The molecular formula is C27H22N6O. The van der Waals surface area contributed by atoms with Crippen LogP contribution in [-0.4, -0.2) is 30.5 Å². The summed E-state index contributed by atoms with van der Waals surface area (Å²) >= 11 is 0. The van der Waals surface area contributed by atoms with Crippen LogP contribution < -0.4 is 5.32 Å². The van der Waals surface area contributed by atoms with Gasteiger partial charge < -0.3 is 5.32 Å². The molecule has 0 fully saturated rings. The number of amides is 1. The van der Waals surface area contributed by atoms with Gasteiger partial charge in [-0.1, -0.05) is 42.3 Å². The molecule has 1 amide bonds. The molecule has 166 valence electrons. The monoisotopic (exact) mass is 446 g/mol. The van der Waals surface area contributed by atoms with Gasteiger partial charge in [-0.15, -0.1) is 5.92 Å². The van der Waals surface area contributed by atoms with Crippen LogP contribution in [0.1, 0.15) is 47.2 Å². The quantitative estimate of drug-likeness (QED) is 0.411. The van der Waals surface area contributed by atoms with E-state index in [1.807, 2.05) is 55.5 Å². The summed E-state index contributed by atoms with van der Waals surface area (Å²) in [5, 5.41) is 7.48. The standard InChI is InChI=1S/C27H22N6O/c1-4-10-19-13-8-14-21-24(19)31-25(20-11-6-5-7-12-20)23(30-21)18(3)29-27(34)22-17(2)32-33-16-9-15-28-26(22)33/h5-9,11-16,18H,1-3H3,(H,29,34). The lowest BCUT2D eigenvalue weighted by Gasteiger charge is -2.18. The van der Waals surface area contributed by atoms with Gasteiger partial charge in [0.2, 0.25) is 0 Å². The van der Waals surface area contributed by atoms with Crippen LogP contribution in [0.3, 0.4) is 0 Å². The van der Waals surface area contributed by atoms with E-state index in [1.54, 1.807) is 36.8 Å². The maximum absolute atomic E-state index is 13.3. The van der Waals surface area contributed by atoms with E-state index in [0.717, 1.165) is 22.2 Å². The molecule has 5 rings (SSSR count). The van der Waals surface area contributed by atoms with Crippen LogP contribution in [0.5, 0.6) is 0 Å². The molecule has 0 aliphatic heterocycles. The Morgan fingerprint density at radius 1 is 1.06 bits per heavy atom. The zero-order valence-electron chi connectivity index (χ0n) is 19.1. The Labute approximate surface area is 196 Å². The first-order valence-corrected chi connectivity index (χ1v) is 11.0. The number of nitrogens with one attached hydrogen (secondary N) is 1. The number of benzene rings is 2. The van der Waals surface area contributed by atoms with Crippen LogP contribution in [0.25, 0.3) is 27.9 Å². The summed E-state index contributed by atoms with van der Waals surface area (Å²) < 4.78 is 1.61. The number of carbonyl (C=O) groups is 1. The van der Waals surface area contributed by atoms with Crippen molar-refractivity contribution in [1.82, 2.24) is 29.9 Å². The van der Waals surface area contributed by atoms with E-state index in [1.165, 1.54) is 0 Å². The van der Waals surface area contributed by atoms with Crippen molar-refractivity contribution < 1.29 is 4.79 Å². The Balaban J connectivity index is 1.61. The largest absolute Gasteiger partial charge is 0.344 e. The second-order valence-corrected chi connectivity index (χ2v) is 7.92. The summed E-state index contributed by atoms with van der Waals surface area (Å²) in [5.41, 5.74) is 6.16. The SMILES string of the molecule is CC#Cc1cccc2nc(C(C)NC(=O)c3c(C)nn4cccnc34)c(-c3ccccc3)nc12. The fourth-order valence-corrected chi connectivity index (χ4v) is 4.04. The topological polar surface area (TPSA) is 85.1 Å². The van der Waals surface area contributed by atoms with Crippen molar-refractivity contribution in [2.45, 2.75) is 26.8 Å². The number of hydrogen-bond acceptors (Lipinski definition) is 5. The Morgan fingerprint density at radius 2 is 1.88 bits per heavy atom. The molecule has 34 heavy (non-hydrogen) atoms. The molecule has 0 saturated carbocycles. The third kappa shape index (κ3) is 3.76. The van der Waals surface area contributed by atoms with Crippen LogP contribution >= 0.6 is 0 Å². The highest BCUT2D eigenvalue weighted by molar-refractivity contribution is 6.01. The van der Waals surface area contributed by atoms with Crippen molar-refractivity contribution in [3.05, 3.63) is 89.5 Å². The van der Waals surface area contributed by atoms with Crippen molar-refractivity contribution in [2.24, 2.45) is 0 Å². The number of para-hydroxylation sites is 1. The summed E-state index contributed by atoms with van der Waals surface area (Å²) in [5.74, 6) is 5.80. The lowest BCUT2D eigenvalue weighted by Crippen LogP contribution is -2.28. The molecule has 2 aromatic carbocycles. The number of aromatic nitrogens is 5. The molecule has 0 bridgehead atoms. The predicted octanol–water partition coefficient (Wildman–Crippen LogP) is 4.51. The van der Waals surface area contributed by atoms with Gasteiger partial charge in [-0.05, 0) is 39.0 Å². The molecule has 0 aliphatic carbocycles. The van der Waals surface area contributed by atoms with Gasteiger partial charge in [0.05, 0.1) is 34.2 Å². The van der Waals surface area contributed by atoms with Gasteiger partial charge in [0, 0.05) is 18.0 Å². The van der Waals surface area contributed by atoms with E-state index < -0.39 is 6.04 Å². The van der Waals surface area contributed by atoms with Gasteiger partial charge in [0.25, 0.3) is 5.91 Å². The van der Waals surface area contributed by atoms with E-state index >= 15 is 0 Å². The third-order valence-electron chi connectivity index (χ3n) is 5.58. The summed E-state index contributed by atoms with van der Waals surface area (Å²) in [4.78, 5) is 27.5. The Morgan fingerprint density at radius 3 is 2.68 bits per heavy atom. The molecule has 0 aliphatic rings. The fraction of sp³-hybridized carbons (Fsp3) is 0.148. The fourth-order valence-electron chi connectivity index (χ4n) is 4.04. The molecule has 3 aromatic heterocycles. The molecule has 0 spiro atoms. The molecule has 0 saturated heterocycles. The minimum atomic E-state index is -0.418. The van der Waals surface area contributed by atoms with Gasteiger partial charge in [0.15, 0.2) is 5.65 Å². The molecule has 7 heteroatoms. The smallest absolute Gasteiger partial charge is 0.257 e. The summed E-state index contributed by atoms with van der Waals surface area (Å²) in [6.07, 6.45) is 3.42. The summed E-state index contributed by atoms with van der Waals surface area (Å²) in [6, 6.07) is 17.0.